The first-order valence-corrected chi connectivity index (χ1v) is 14.3. The van der Waals surface area contributed by atoms with Crippen molar-refractivity contribution in [1.29, 1.82) is 0 Å². The first-order valence-electron chi connectivity index (χ1n) is 14.3. The van der Waals surface area contributed by atoms with Gasteiger partial charge in [0, 0.05) is 57.6 Å². The number of β-amino-alcohol motifs (C(OH)–C–C–N with tert-alkyl or cyclic N) is 1. The lowest BCUT2D eigenvalue weighted by Gasteiger charge is -2.36. The Hall–Kier alpha value is -2.80. The van der Waals surface area contributed by atoms with Crippen LogP contribution in [0.15, 0.2) is 78.2 Å². The van der Waals surface area contributed by atoms with Gasteiger partial charge in [0.2, 0.25) is 5.91 Å². The van der Waals surface area contributed by atoms with Gasteiger partial charge in [0.1, 0.15) is 0 Å². The van der Waals surface area contributed by atoms with Crippen molar-refractivity contribution in [3.63, 3.8) is 0 Å². The molecule has 0 radical (unpaired) electrons. The van der Waals surface area contributed by atoms with Gasteiger partial charge < -0.3 is 10.4 Å². The van der Waals surface area contributed by atoms with Crippen LogP contribution in [0.1, 0.15) is 50.7 Å². The van der Waals surface area contributed by atoms with Crippen molar-refractivity contribution in [2.75, 3.05) is 32.7 Å². The second-order valence-corrected chi connectivity index (χ2v) is 10.7. The van der Waals surface area contributed by atoms with E-state index in [1.54, 1.807) is 0 Å². The molecule has 2 heterocycles. The molecule has 1 saturated heterocycles. The molecule has 3 atom stereocenters. The minimum absolute atomic E-state index is 0.0542. The number of aromatic nitrogens is 1. The SMILES string of the molecule is C/C=C1/CC[C@@H](NC(=O)[C@H](Cc2ccccc2)C[C@H](O)CN2CCN(Cc3cccnc3)CC2)/C1=C/CC. The monoisotopic (exact) mass is 516 g/mol. The fraction of sp³-hybridized carbons (Fsp3) is 0.500. The summed E-state index contributed by atoms with van der Waals surface area (Å²) >= 11 is 0. The molecule has 6 heteroatoms. The highest BCUT2D eigenvalue weighted by Gasteiger charge is 2.30. The Kier molecular flexibility index (Phi) is 10.7. The molecule has 0 bridgehead atoms. The molecule has 38 heavy (non-hydrogen) atoms. The van der Waals surface area contributed by atoms with Crippen molar-refractivity contribution < 1.29 is 9.90 Å². The van der Waals surface area contributed by atoms with Crippen molar-refractivity contribution in [1.82, 2.24) is 20.1 Å². The number of hydrogen-bond acceptors (Lipinski definition) is 5. The highest BCUT2D eigenvalue weighted by molar-refractivity contribution is 5.80. The standard InChI is InChI=1S/C32H44N4O2/c1-3-9-30-27(4-2)13-14-31(30)34-32(38)28(20-25-10-6-5-7-11-25)21-29(37)24-36-18-16-35(17-19-36)23-26-12-8-15-33-22-26/h4-12,15,22,28-29,31,37H,3,13-14,16-21,23-24H2,1-2H3,(H,34,38)/b27-4-,30-9+/t28-,29+,31-/m1/s1. The molecule has 2 N–H and O–H groups in total. The van der Waals surface area contributed by atoms with Crippen molar-refractivity contribution in [3.8, 4) is 0 Å². The number of piperazine rings is 1. The van der Waals surface area contributed by atoms with Crippen LogP contribution < -0.4 is 5.32 Å². The zero-order chi connectivity index (χ0) is 26.7. The minimum atomic E-state index is -0.542. The molecular formula is C32H44N4O2. The summed E-state index contributed by atoms with van der Waals surface area (Å²) in [7, 11) is 0. The van der Waals surface area contributed by atoms with E-state index in [2.05, 4.69) is 64.3 Å². The quantitative estimate of drug-likeness (QED) is 0.464. The highest BCUT2D eigenvalue weighted by Crippen LogP contribution is 2.31. The molecule has 1 aromatic carbocycles. The number of hydrogen-bond donors (Lipinski definition) is 2. The van der Waals surface area contributed by atoms with E-state index in [0.29, 0.717) is 19.4 Å². The first kappa shape index (κ1) is 28.2. The van der Waals surface area contributed by atoms with Gasteiger partial charge in [-0.2, -0.15) is 0 Å². The lowest BCUT2D eigenvalue weighted by atomic mass is 9.92. The summed E-state index contributed by atoms with van der Waals surface area (Å²) in [6.45, 7) is 9.52. The maximum absolute atomic E-state index is 13.6. The predicted octanol–water partition coefficient (Wildman–Crippen LogP) is 4.37. The van der Waals surface area contributed by atoms with Crippen molar-refractivity contribution in [2.45, 2.75) is 64.6 Å². The zero-order valence-corrected chi connectivity index (χ0v) is 23.1. The number of allylic oxidation sites excluding steroid dienone is 2. The molecule has 4 rings (SSSR count). The van der Waals surface area contributed by atoms with Gasteiger partial charge in [-0.1, -0.05) is 55.5 Å². The van der Waals surface area contributed by atoms with Crippen LogP contribution in [-0.2, 0) is 17.8 Å². The number of aliphatic hydroxyl groups excluding tert-OH is 1. The van der Waals surface area contributed by atoms with Crippen LogP contribution in [0.4, 0.5) is 0 Å². The minimum Gasteiger partial charge on any atom is -0.392 e. The number of carbonyl (C=O) groups excluding carboxylic acids is 1. The van der Waals surface area contributed by atoms with Gasteiger partial charge in [-0.25, -0.2) is 0 Å². The number of nitrogens with zero attached hydrogens (tertiary/aromatic N) is 3. The summed E-state index contributed by atoms with van der Waals surface area (Å²) in [5, 5.41) is 14.5. The van der Waals surface area contributed by atoms with Crippen molar-refractivity contribution in [3.05, 3.63) is 89.3 Å². The lowest BCUT2D eigenvalue weighted by Crippen LogP contribution is -2.48. The van der Waals surface area contributed by atoms with E-state index in [4.69, 9.17) is 0 Å². The summed E-state index contributed by atoms with van der Waals surface area (Å²) in [4.78, 5) is 22.6. The molecule has 0 unspecified atom stereocenters. The fourth-order valence-electron chi connectivity index (χ4n) is 5.83. The number of nitrogens with one attached hydrogen (secondary N) is 1. The van der Waals surface area contributed by atoms with Crippen LogP contribution >= 0.6 is 0 Å². The number of amides is 1. The molecule has 2 fully saturated rings. The highest BCUT2D eigenvalue weighted by atomic mass is 16.3. The molecule has 2 aromatic rings. The summed E-state index contributed by atoms with van der Waals surface area (Å²) < 4.78 is 0. The zero-order valence-electron chi connectivity index (χ0n) is 23.1. The fourth-order valence-corrected chi connectivity index (χ4v) is 5.83. The smallest absolute Gasteiger partial charge is 0.224 e. The molecule has 204 valence electrons. The van der Waals surface area contributed by atoms with Gasteiger partial charge in [-0.3, -0.25) is 19.6 Å². The van der Waals surface area contributed by atoms with Crippen molar-refractivity contribution >= 4 is 5.91 Å². The van der Waals surface area contributed by atoms with Crippen LogP contribution in [0.5, 0.6) is 0 Å². The topological polar surface area (TPSA) is 68.7 Å². The summed E-state index contributed by atoms with van der Waals surface area (Å²) in [5.74, 6) is -0.213. The van der Waals surface area contributed by atoms with E-state index in [0.717, 1.165) is 57.5 Å². The second-order valence-electron chi connectivity index (χ2n) is 10.7. The van der Waals surface area contributed by atoms with Crippen LogP contribution in [0.3, 0.4) is 0 Å². The lowest BCUT2D eigenvalue weighted by molar-refractivity contribution is -0.126. The Labute approximate surface area is 228 Å². The Balaban J connectivity index is 1.33. The van der Waals surface area contributed by atoms with E-state index in [1.807, 2.05) is 36.7 Å². The van der Waals surface area contributed by atoms with E-state index in [1.165, 1.54) is 16.7 Å². The third kappa shape index (κ3) is 8.10. The van der Waals surface area contributed by atoms with Crippen LogP contribution in [0.25, 0.3) is 0 Å². The molecule has 1 amide bonds. The second kappa shape index (κ2) is 14.4. The van der Waals surface area contributed by atoms with Crippen LogP contribution in [0, 0.1) is 5.92 Å². The van der Waals surface area contributed by atoms with Crippen LogP contribution in [0.2, 0.25) is 0 Å². The number of aliphatic hydroxyl groups is 1. The molecule has 2 aliphatic rings. The largest absolute Gasteiger partial charge is 0.392 e. The molecule has 1 saturated carbocycles. The van der Waals surface area contributed by atoms with Crippen LogP contribution in [-0.4, -0.2) is 70.7 Å². The number of rotatable bonds is 11. The Morgan fingerprint density at radius 2 is 1.84 bits per heavy atom. The molecule has 1 aliphatic heterocycles. The van der Waals surface area contributed by atoms with Gasteiger partial charge in [-0.05, 0) is 67.4 Å². The van der Waals surface area contributed by atoms with Gasteiger partial charge in [-0.15, -0.1) is 0 Å². The Bertz CT molecular complexity index is 1060. The third-order valence-electron chi connectivity index (χ3n) is 7.85. The van der Waals surface area contributed by atoms with E-state index in [-0.39, 0.29) is 17.9 Å². The average Bonchev–Trinajstić information content (AvgIpc) is 3.31. The van der Waals surface area contributed by atoms with Gasteiger partial charge in [0.15, 0.2) is 0 Å². The van der Waals surface area contributed by atoms with E-state index >= 15 is 0 Å². The number of benzene rings is 1. The molecule has 6 nitrogen and oxygen atoms in total. The maximum atomic E-state index is 13.6. The number of pyridine rings is 1. The maximum Gasteiger partial charge on any atom is 0.224 e. The third-order valence-corrected chi connectivity index (χ3v) is 7.85. The Morgan fingerprint density at radius 3 is 2.53 bits per heavy atom. The van der Waals surface area contributed by atoms with Crippen molar-refractivity contribution in [2.24, 2.45) is 5.92 Å². The van der Waals surface area contributed by atoms with Gasteiger partial charge >= 0.3 is 0 Å². The summed E-state index contributed by atoms with van der Waals surface area (Å²) in [6.07, 6.45) is 11.6. The average molecular weight is 517 g/mol. The van der Waals surface area contributed by atoms with Gasteiger partial charge in [0.05, 0.1) is 12.1 Å². The number of carbonyl (C=O) groups is 1. The molecular weight excluding hydrogens is 472 g/mol. The summed E-state index contributed by atoms with van der Waals surface area (Å²) in [5.41, 5.74) is 4.98. The summed E-state index contributed by atoms with van der Waals surface area (Å²) in [6, 6.07) is 14.3. The van der Waals surface area contributed by atoms with E-state index in [9.17, 15) is 9.90 Å². The predicted molar refractivity (Wildman–Crippen MR) is 154 cm³/mol. The molecule has 1 aliphatic carbocycles. The normalized spacial score (nSPS) is 22.6. The van der Waals surface area contributed by atoms with Gasteiger partial charge in [0.25, 0.3) is 0 Å². The molecule has 1 aromatic heterocycles. The molecule has 0 spiro atoms. The first-order chi connectivity index (χ1) is 18.6. The van der Waals surface area contributed by atoms with E-state index < -0.39 is 6.10 Å². The Morgan fingerprint density at radius 1 is 1.11 bits per heavy atom.